The highest BCUT2D eigenvalue weighted by atomic mass is 32.2. The number of nitrogens with one attached hydrogen (secondary N) is 1. The van der Waals surface area contributed by atoms with E-state index in [9.17, 15) is 4.79 Å². The van der Waals surface area contributed by atoms with Gasteiger partial charge in [-0.1, -0.05) is 47.2 Å². The van der Waals surface area contributed by atoms with Gasteiger partial charge in [-0.05, 0) is 57.9 Å². The molecule has 1 aliphatic rings. The number of aryl methyl sites for hydroxylation is 2. The molecule has 1 fully saturated rings. The van der Waals surface area contributed by atoms with Crippen LogP contribution >= 0.6 is 11.8 Å². The third-order valence-corrected chi connectivity index (χ3v) is 6.31. The average Bonchev–Trinajstić information content (AvgIpc) is 3.40. The van der Waals surface area contributed by atoms with Crippen LogP contribution in [0.4, 0.5) is 11.6 Å². The number of nitrogens with zero attached hydrogens (tertiary/aromatic N) is 4. The van der Waals surface area contributed by atoms with Crippen molar-refractivity contribution >= 4 is 29.3 Å². The average molecular weight is 422 g/mol. The van der Waals surface area contributed by atoms with Crippen molar-refractivity contribution in [3.8, 4) is 5.69 Å². The van der Waals surface area contributed by atoms with E-state index in [1.807, 2.05) is 38.1 Å². The number of rotatable bonds is 6. The van der Waals surface area contributed by atoms with Crippen LogP contribution < -0.4 is 10.2 Å². The fraction of sp³-hybridized carbons (Fsp3) is 0.348. The van der Waals surface area contributed by atoms with E-state index in [1.165, 1.54) is 30.2 Å². The van der Waals surface area contributed by atoms with Gasteiger partial charge in [-0.15, -0.1) is 10.2 Å². The van der Waals surface area contributed by atoms with E-state index in [2.05, 4.69) is 56.2 Å². The van der Waals surface area contributed by atoms with Crippen molar-refractivity contribution in [2.24, 2.45) is 0 Å². The van der Waals surface area contributed by atoms with Gasteiger partial charge in [0.05, 0.1) is 10.9 Å². The Labute approximate surface area is 181 Å². The normalized spacial score (nSPS) is 14.7. The van der Waals surface area contributed by atoms with Crippen LogP contribution in [-0.4, -0.2) is 39.0 Å². The lowest BCUT2D eigenvalue weighted by molar-refractivity contribution is -0.115. The summed E-state index contributed by atoms with van der Waals surface area (Å²) in [6.45, 7) is 7.97. The SMILES string of the molecule is Cc1ccc(NC(=O)C(C)Sc2nnc(N3CCCC3)n2-c2ccc(C)cc2)cc1. The molecule has 0 radical (unpaired) electrons. The number of amides is 1. The molecule has 0 aliphatic carbocycles. The van der Waals surface area contributed by atoms with E-state index in [-0.39, 0.29) is 11.2 Å². The Kier molecular flexibility index (Phi) is 6.08. The number of carbonyl (C=O) groups excluding carboxylic acids is 1. The zero-order valence-electron chi connectivity index (χ0n) is 17.6. The second-order valence-electron chi connectivity index (χ2n) is 7.76. The van der Waals surface area contributed by atoms with Crippen LogP contribution in [0.1, 0.15) is 30.9 Å². The molecule has 156 valence electrons. The fourth-order valence-corrected chi connectivity index (χ4v) is 4.34. The minimum absolute atomic E-state index is 0.0509. The van der Waals surface area contributed by atoms with Gasteiger partial charge < -0.3 is 10.2 Å². The number of hydrogen-bond donors (Lipinski definition) is 1. The number of aromatic nitrogens is 3. The third-order valence-electron chi connectivity index (χ3n) is 5.27. The molecule has 0 saturated carbocycles. The highest BCUT2D eigenvalue weighted by molar-refractivity contribution is 8.00. The summed E-state index contributed by atoms with van der Waals surface area (Å²) >= 11 is 1.43. The van der Waals surface area contributed by atoms with Crippen LogP contribution in [0.25, 0.3) is 5.69 Å². The number of benzene rings is 2. The monoisotopic (exact) mass is 421 g/mol. The smallest absolute Gasteiger partial charge is 0.237 e. The molecule has 1 N–H and O–H groups in total. The minimum atomic E-state index is -0.314. The Morgan fingerprint density at radius 3 is 2.20 bits per heavy atom. The lowest BCUT2D eigenvalue weighted by Crippen LogP contribution is -2.24. The maximum Gasteiger partial charge on any atom is 0.237 e. The summed E-state index contributed by atoms with van der Waals surface area (Å²) in [5.74, 6) is 0.801. The van der Waals surface area contributed by atoms with Gasteiger partial charge in [0, 0.05) is 18.8 Å². The molecule has 2 heterocycles. The predicted molar refractivity (Wildman–Crippen MR) is 123 cm³/mol. The van der Waals surface area contributed by atoms with Gasteiger partial charge in [-0.25, -0.2) is 0 Å². The molecule has 4 rings (SSSR count). The lowest BCUT2D eigenvalue weighted by atomic mass is 10.2. The zero-order chi connectivity index (χ0) is 21.1. The second-order valence-corrected chi connectivity index (χ2v) is 9.07. The summed E-state index contributed by atoms with van der Waals surface area (Å²) in [6, 6.07) is 16.2. The largest absolute Gasteiger partial charge is 0.341 e. The summed E-state index contributed by atoms with van der Waals surface area (Å²) in [5.41, 5.74) is 4.18. The standard InChI is InChI=1S/C23H27N5OS/c1-16-6-10-19(11-7-16)24-21(29)18(3)30-23-26-25-22(27-14-4-5-15-27)28(23)20-12-8-17(2)9-13-20/h6-13,18H,4-5,14-15H2,1-3H3,(H,24,29). The third kappa shape index (κ3) is 4.51. The molecular formula is C23H27N5OS. The van der Waals surface area contributed by atoms with Gasteiger partial charge >= 0.3 is 0 Å². The molecule has 0 bridgehead atoms. The Morgan fingerprint density at radius 2 is 1.57 bits per heavy atom. The van der Waals surface area contributed by atoms with Crippen molar-refractivity contribution in [2.45, 2.75) is 44.0 Å². The van der Waals surface area contributed by atoms with E-state index in [4.69, 9.17) is 0 Å². The number of carbonyl (C=O) groups is 1. The quantitative estimate of drug-likeness (QED) is 0.589. The van der Waals surface area contributed by atoms with Gasteiger partial charge in [0.2, 0.25) is 11.9 Å². The van der Waals surface area contributed by atoms with Crippen molar-refractivity contribution in [3.63, 3.8) is 0 Å². The maximum atomic E-state index is 12.8. The van der Waals surface area contributed by atoms with Gasteiger partial charge in [0.15, 0.2) is 5.16 Å². The van der Waals surface area contributed by atoms with Crippen LogP contribution in [0.2, 0.25) is 0 Å². The first kappa shape index (κ1) is 20.5. The molecule has 2 aromatic carbocycles. The van der Waals surface area contributed by atoms with E-state index in [0.29, 0.717) is 0 Å². The maximum absolute atomic E-state index is 12.8. The van der Waals surface area contributed by atoms with E-state index < -0.39 is 0 Å². The van der Waals surface area contributed by atoms with Crippen molar-refractivity contribution in [3.05, 3.63) is 59.7 Å². The zero-order valence-corrected chi connectivity index (χ0v) is 18.4. The number of hydrogen-bond acceptors (Lipinski definition) is 5. The van der Waals surface area contributed by atoms with Crippen LogP contribution in [0.3, 0.4) is 0 Å². The fourth-order valence-electron chi connectivity index (χ4n) is 3.47. The molecule has 30 heavy (non-hydrogen) atoms. The van der Waals surface area contributed by atoms with Crippen molar-refractivity contribution < 1.29 is 4.79 Å². The highest BCUT2D eigenvalue weighted by Crippen LogP contribution is 2.31. The van der Waals surface area contributed by atoms with E-state index in [0.717, 1.165) is 41.1 Å². The van der Waals surface area contributed by atoms with Crippen molar-refractivity contribution in [1.29, 1.82) is 0 Å². The predicted octanol–water partition coefficient (Wildman–Crippen LogP) is 4.60. The minimum Gasteiger partial charge on any atom is -0.341 e. The molecule has 0 spiro atoms. The molecule has 1 atom stereocenters. The Morgan fingerprint density at radius 1 is 0.967 bits per heavy atom. The number of thioether (sulfide) groups is 1. The van der Waals surface area contributed by atoms with Crippen molar-refractivity contribution in [2.75, 3.05) is 23.3 Å². The van der Waals surface area contributed by atoms with Gasteiger partial charge in [-0.3, -0.25) is 9.36 Å². The summed E-state index contributed by atoms with van der Waals surface area (Å²) in [5, 5.41) is 12.3. The molecule has 6 nitrogen and oxygen atoms in total. The highest BCUT2D eigenvalue weighted by Gasteiger charge is 2.25. The van der Waals surface area contributed by atoms with Crippen molar-refractivity contribution in [1.82, 2.24) is 14.8 Å². The number of anilines is 2. The Bertz CT molecular complexity index is 1010. The summed E-state index contributed by atoms with van der Waals surface area (Å²) in [4.78, 5) is 15.0. The Hall–Kier alpha value is -2.80. The first-order valence-electron chi connectivity index (χ1n) is 10.3. The summed E-state index contributed by atoms with van der Waals surface area (Å²) < 4.78 is 2.07. The van der Waals surface area contributed by atoms with Crippen LogP contribution in [0.5, 0.6) is 0 Å². The van der Waals surface area contributed by atoms with Crippen LogP contribution in [0, 0.1) is 13.8 Å². The Balaban J connectivity index is 1.57. The molecule has 1 aromatic heterocycles. The topological polar surface area (TPSA) is 63.1 Å². The molecule has 1 unspecified atom stereocenters. The van der Waals surface area contributed by atoms with Crippen LogP contribution in [-0.2, 0) is 4.79 Å². The van der Waals surface area contributed by atoms with Gasteiger partial charge in [0.25, 0.3) is 0 Å². The first-order chi connectivity index (χ1) is 14.5. The molecular weight excluding hydrogens is 394 g/mol. The lowest BCUT2D eigenvalue weighted by Gasteiger charge is -2.19. The second kappa shape index (κ2) is 8.92. The molecule has 1 aliphatic heterocycles. The van der Waals surface area contributed by atoms with Gasteiger partial charge in [-0.2, -0.15) is 0 Å². The summed E-state index contributed by atoms with van der Waals surface area (Å²) in [7, 11) is 0. The van der Waals surface area contributed by atoms with E-state index in [1.54, 1.807) is 0 Å². The molecule has 7 heteroatoms. The van der Waals surface area contributed by atoms with Gasteiger partial charge in [0.1, 0.15) is 0 Å². The summed E-state index contributed by atoms with van der Waals surface area (Å²) in [6.07, 6.45) is 2.33. The first-order valence-corrected chi connectivity index (χ1v) is 11.2. The molecule has 3 aromatic rings. The molecule has 1 saturated heterocycles. The molecule has 1 amide bonds. The van der Waals surface area contributed by atoms with E-state index >= 15 is 0 Å². The van der Waals surface area contributed by atoms with Crippen LogP contribution in [0.15, 0.2) is 53.7 Å².